The minimum Gasteiger partial charge on any atom is -0.489 e. The van der Waals surface area contributed by atoms with Gasteiger partial charge in [-0.15, -0.1) is 0 Å². The van der Waals surface area contributed by atoms with Crippen LogP contribution < -0.4 is 4.74 Å². The van der Waals surface area contributed by atoms with Crippen molar-refractivity contribution in [2.24, 2.45) is 0 Å². The lowest BCUT2D eigenvalue weighted by atomic mass is 10.1. The van der Waals surface area contributed by atoms with Gasteiger partial charge in [0.25, 0.3) is 5.91 Å². The molecule has 0 radical (unpaired) electrons. The largest absolute Gasteiger partial charge is 0.489 e. The van der Waals surface area contributed by atoms with E-state index in [0.717, 1.165) is 22.4 Å². The van der Waals surface area contributed by atoms with Crippen LogP contribution in [0.3, 0.4) is 0 Å². The summed E-state index contributed by atoms with van der Waals surface area (Å²) in [6.45, 7) is 2.90. The number of carbonyl (C=O) groups is 1. The number of hydrogen-bond acceptors (Lipinski definition) is 4. The first kappa shape index (κ1) is 22.9. The van der Waals surface area contributed by atoms with Crippen LogP contribution >= 0.6 is 47.2 Å². The molecule has 1 aliphatic rings. The number of carbonyl (C=O) groups excluding carboxylic acids is 1. The van der Waals surface area contributed by atoms with Crippen molar-refractivity contribution in [3.8, 4) is 5.75 Å². The molecule has 3 aromatic rings. The number of aryl methyl sites for hydroxylation is 1. The molecule has 0 unspecified atom stereocenters. The molecule has 162 valence electrons. The van der Waals surface area contributed by atoms with Crippen molar-refractivity contribution in [2.45, 2.75) is 20.1 Å². The number of ether oxygens (including phenoxy) is 1. The van der Waals surface area contributed by atoms with Gasteiger partial charge in [0.2, 0.25) is 0 Å². The second-order valence-electron chi connectivity index (χ2n) is 7.36. The summed E-state index contributed by atoms with van der Waals surface area (Å²) in [5.74, 6) is 0.653. The Morgan fingerprint density at radius 2 is 1.66 bits per heavy atom. The summed E-state index contributed by atoms with van der Waals surface area (Å²) in [5.41, 5.74) is 4.07. The molecule has 0 saturated carbocycles. The number of amides is 1. The molecule has 0 spiro atoms. The molecule has 3 aromatic carbocycles. The Morgan fingerprint density at radius 3 is 2.34 bits per heavy atom. The molecule has 1 aliphatic heterocycles. The summed E-state index contributed by atoms with van der Waals surface area (Å²) < 4.78 is 6.39. The average molecular weight is 500 g/mol. The number of hydrogen-bond donors (Lipinski definition) is 0. The number of rotatable bonds is 6. The van der Waals surface area contributed by atoms with Crippen LogP contribution in [0.2, 0.25) is 10.0 Å². The van der Waals surface area contributed by atoms with Gasteiger partial charge in [-0.05, 0) is 54.0 Å². The van der Waals surface area contributed by atoms with Crippen LogP contribution in [0.5, 0.6) is 5.75 Å². The van der Waals surface area contributed by atoms with Crippen molar-refractivity contribution in [3.05, 3.63) is 104 Å². The highest BCUT2D eigenvalue weighted by Gasteiger charge is 2.31. The van der Waals surface area contributed by atoms with E-state index in [0.29, 0.717) is 32.4 Å². The molecule has 0 bridgehead atoms. The summed E-state index contributed by atoms with van der Waals surface area (Å²) in [4.78, 5) is 15.1. The van der Waals surface area contributed by atoms with Crippen molar-refractivity contribution < 1.29 is 9.53 Å². The summed E-state index contributed by atoms with van der Waals surface area (Å²) >= 11 is 18.8. The first-order valence-corrected chi connectivity index (χ1v) is 11.8. The quantitative estimate of drug-likeness (QED) is 0.263. The van der Waals surface area contributed by atoms with E-state index >= 15 is 0 Å². The smallest absolute Gasteiger partial charge is 0.266 e. The lowest BCUT2D eigenvalue weighted by Gasteiger charge is -2.14. The molecule has 0 aliphatic carbocycles. The predicted molar refractivity (Wildman–Crippen MR) is 137 cm³/mol. The second kappa shape index (κ2) is 10.1. The first-order chi connectivity index (χ1) is 15.4. The van der Waals surface area contributed by atoms with E-state index < -0.39 is 0 Å². The van der Waals surface area contributed by atoms with Crippen LogP contribution in [0.1, 0.15) is 22.3 Å². The molecule has 0 aromatic heterocycles. The summed E-state index contributed by atoms with van der Waals surface area (Å²) in [5, 5.41) is 1.02. The zero-order valence-electron chi connectivity index (χ0n) is 17.2. The molecule has 1 saturated heterocycles. The summed E-state index contributed by atoms with van der Waals surface area (Å²) in [7, 11) is 0. The number of thiocarbonyl (C=S) groups is 1. The number of thioether (sulfide) groups is 1. The number of benzene rings is 3. The Labute approximate surface area is 207 Å². The maximum atomic E-state index is 12.9. The Hall–Kier alpha value is -2.31. The third-order valence-corrected chi connectivity index (χ3v) is 7.02. The Kier molecular flexibility index (Phi) is 7.21. The van der Waals surface area contributed by atoms with Crippen molar-refractivity contribution in [1.29, 1.82) is 0 Å². The van der Waals surface area contributed by atoms with Gasteiger partial charge in [-0.2, -0.15) is 0 Å². The second-order valence-corrected chi connectivity index (χ2v) is 9.85. The van der Waals surface area contributed by atoms with Crippen LogP contribution in [-0.4, -0.2) is 15.1 Å². The molecule has 0 atom stereocenters. The zero-order valence-corrected chi connectivity index (χ0v) is 20.3. The van der Waals surface area contributed by atoms with Crippen LogP contribution in [0.4, 0.5) is 0 Å². The Bertz CT molecular complexity index is 1190. The lowest BCUT2D eigenvalue weighted by Crippen LogP contribution is -2.27. The maximum Gasteiger partial charge on any atom is 0.266 e. The zero-order chi connectivity index (χ0) is 22.7. The van der Waals surface area contributed by atoms with Gasteiger partial charge >= 0.3 is 0 Å². The van der Waals surface area contributed by atoms with E-state index in [1.807, 2.05) is 67.6 Å². The molecule has 1 fully saturated rings. The highest BCUT2D eigenvalue weighted by atomic mass is 35.5. The normalized spacial score (nSPS) is 15.0. The Balaban J connectivity index is 1.40. The highest BCUT2D eigenvalue weighted by molar-refractivity contribution is 8.26. The van der Waals surface area contributed by atoms with Gasteiger partial charge < -0.3 is 4.74 Å². The van der Waals surface area contributed by atoms with Crippen LogP contribution in [0.25, 0.3) is 6.08 Å². The van der Waals surface area contributed by atoms with Gasteiger partial charge in [0.15, 0.2) is 0 Å². The van der Waals surface area contributed by atoms with Gasteiger partial charge in [-0.25, -0.2) is 0 Å². The molecule has 3 nitrogen and oxygen atoms in total. The van der Waals surface area contributed by atoms with Gasteiger partial charge in [0.1, 0.15) is 16.7 Å². The molecule has 4 rings (SSSR count). The molecule has 1 amide bonds. The monoisotopic (exact) mass is 499 g/mol. The van der Waals surface area contributed by atoms with Crippen LogP contribution in [-0.2, 0) is 17.9 Å². The third kappa shape index (κ3) is 5.54. The molecule has 1 heterocycles. The van der Waals surface area contributed by atoms with Crippen LogP contribution in [0.15, 0.2) is 71.6 Å². The van der Waals surface area contributed by atoms with Crippen molar-refractivity contribution in [3.63, 3.8) is 0 Å². The molecular formula is C25H19Cl2NO2S2. The maximum absolute atomic E-state index is 12.9. The van der Waals surface area contributed by atoms with E-state index in [1.165, 1.54) is 17.3 Å². The topological polar surface area (TPSA) is 29.5 Å². The average Bonchev–Trinajstić information content (AvgIpc) is 3.04. The van der Waals surface area contributed by atoms with Gasteiger partial charge in [-0.3, -0.25) is 9.69 Å². The fourth-order valence-corrected chi connectivity index (χ4v) is 4.70. The van der Waals surface area contributed by atoms with Crippen LogP contribution in [0, 0.1) is 6.92 Å². The molecular weight excluding hydrogens is 481 g/mol. The van der Waals surface area contributed by atoms with Crippen molar-refractivity contribution in [2.75, 3.05) is 0 Å². The SMILES string of the molecule is Cc1ccc(CN2C(=O)/C(=C/c3ccc(OCc4ccc(Cl)c(Cl)c4)cc3)SC2=S)cc1. The minimum atomic E-state index is -0.0690. The predicted octanol–water partition coefficient (Wildman–Crippen LogP) is 7.28. The van der Waals surface area contributed by atoms with E-state index in [2.05, 4.69) is 0 Å². The van der Waals surface area contributed by atoms with Crippen molar-refractivity contribution >= 4 is 63.5 Å². The summed E-state index contributed by atoms with van der Waals surface area (Å²) in [6.07, 6.45) is 1.86. The van der Waals surface area contributed by atoms with Gasteiger partial charge in [0, 0.05) is 0 Å². The minimum absolute atomic E-state index is 0.0690. The molecule has 7 heteroatoms. The van der Waals surface area contributed by atoms with E-state index in [-0.39, 0.29) is 5.91 Å². The third-order valence-electron chi connectivity index (χ3n) is 4.90. The fraction of sp³-hybridized carbons (Fsp3) is 0.120. The highest BCUT2D eigenvalue weighted by Crippen LogP contribution is 2.34. The summed E-state index contributed by atoms with van der Waals surface area (Å²) in [6, 6.07) is 21.1. The number of nitrogens with zero attached hydrogens (tertiary/aromatic N) is 1. The first-order valence-electron chi connectivity index (χ1n) is 9.87. The van der Waals surface area contributed by atoms with E-state index in [4.69, 9.17) is 40.2 Å². The standard InChI is InChI=1S/C25H19Cl2NO2S2/c1-16-2-4-18(5-3-16)14-28-24(29)23(32-25(28)31)13-17-6-9-20(10-7-17)30-15-19-8-11-21(26)22(27)12-19/h2-13H,14-15H2,1H3/b23-13-. The van der Waals surface area contributed by atoms with Gasteiger partial charge in [-0.1, -0.05) is 95.2 Å². The number of halogens is 2. The fourth-order valence-electron chi connectivity index (χ4n) is 3.12. The van der Waals surface area contributed by atoms with Crippen molar-refractivity contribution in [1.82, 2.24) is 4.90 Å². The lowest BCUT2D eigenvalue weighted by molar-refractivity contribution is -0.122. The Morgan fingerprint density at radius 1 is 0.969 bits per heavy atom. The van der Waals surface area contributed by atoms with E-state index in [1.54, 1.807) is 17.0 Å². The van der Waals surface area contributed by atoms with E-state index in [9.17, 15) is 4.79 Å². The molecule has 32 heavy (non-hydrogen) atoms. The molecule has 0 N–H and O–H groups in total. The van der Waals surface area contributed by atoms with Gasteiger partial charge in [0.05, 0.1) is 21.5 Å².